The van der Waals surface area contributed by atoms with Gasteiger partial charge in [0.2, 0.25) is 10.0 Å². The molecule has 0 aromatic heterocycles. The number of nitrogens with zero attached hydrogens (tertiary/aromatic N) is 1. The zero-order valence-corrected chi connectivity index (χ0v) is 13.8. The van der Waals surface area contributed by atoms with Gasteiger partial charge in [-0.2, -0.15) is 4.31 Å². The Kier molecular flexibility index (Phi) is 5.24. The van der Waals surface area contributed by atoms with E-state index >= 15 is 0 Å². The van der Waals surface area contributed by atoms with E-state index in [2.05, 4.69) is 13.8 Å². The topological polar surface area (TPSA) is 74.7 Å². The van der Waals surface area contributed by atoms with Crippen LogP contribution in [-0.2, 0) is 21.2 Å². The molecule has 1 aromatic carbocycles. The van der Waals surface area contributed by atoms with Crippen molar-refractivity contribution in [3.05, 3.63) is 29.8 Å². The first kappa shape index (κ1) is 17.0. The van der Waals surface area contributed by atoms with Crippen molar-refractivity contribution in [2.75, 3.05) is 13.1 Å². The molecule has 1 fully saturated rings. The lowest BCUT2D eigenvalue weighted by Crippen LogP contribution is -2.42. The average Bonchev–Trinajstić information content (AvgIpc) is 2.47. The lowest BCUT2D eigenvalue weighted by atomic mass is 10.0. The summed E-state index contributed by atoms with van der Waals surface area (Å²) in [4.78, 5) is 11.3. The van der Waals surface area contributed by atoms with Crippen LogP contribution < -0.4 is 0 Å². The number of benzene rings is 1. The molecular weight excluding hydrogens is 302 g/mol. The number of carboxylic acid groups (broad SMARTS) is 1. The number of rotatable bonds is 5. The summed E-state index contributed by atoms with van der Waals surface area (Å²) >= 11 is 0. The normalized spacial score (nSPS) is 20.2. The van der Waals surface area contributed by atoms with E-state index in [0.29, 0.717) is 25.3 Å². The standard InChI is InChI=1S/C16H23NO4S/c1-12(2)10-13-5-7-15(8-6-13)22(20,21)17-9-3-4-14(11-17)16(18)19/h5-8,12,14H,3-4,9-11H2,1-2H3,(H,18,19). The van der Waals surface area contributed by atoms with Gasteiger partial charge in [-0.15, -0.1) is 0 Å². The summed E-state index contributed by atoms with van der Waals surface area (Å²) in [5.74, 6) is -1.02. The summed E-state index contributed by atoms with van der Waals surface area (Å²) in [5, 5.41) is 9.09. The van der Waals surface area contributed by atoms with Crippen molar-refractivity contribution in [2.45, 2.75) is 38.0 Å². The van der Waals surface area contributed by atoms with Crippen molar-refractivity contribution in [1.29, 1.82) is 0 Å². The molecule has 122 valence electrons. The van der Waals surface area contributed by atoms with Crippen molar-refractivity contribution >= 4 is 16.0 Å². The molecule has 1 N–H and O–H groups in total. The van der Waals surface area contributed by atoms with Gasteiger partial charge in [0.25, 0.3) is 0 Å². The molecular formula is C16H23NO4S. The molecule has 1 atom stereocenters. The van der Waals surface area contributed by atoms with Gasteiger partial charge in [-0.25, -0.2) is 8.42 Å². The number of piperidine rings is 1. The van der Waals surface area contributed by atoms with E-state index in [1.165, 1.54) is 4.31 Å². The molecule has 1 saturated heterocycles. The number of hydrogen-bond acceptors (Lipinski definition) is 3. The zero-order valence-electron chi connectivity index (χ0n) is 13.0. The molecule has 0 radical (unpaired) electrons. The van der Waals surface area contributed by atoms with Crippen LogP contribution in [0, 0.1) is 11.8 Å². The van der Waals surface area contributed by atoms with E-state index in [4.69, 9.17) is 5.11 Å². The van der Waals surface area contributed by atoms with Crippen LogP contribution >= 0.6 is 0 Å². The molecule has 22 heavy (non-hydrogen) atoms. The van der Waals surface area contributed by atoms with E-state index in [1.54, 1.807) is 12.1 Å². The van der Waals surface area contributed by atoms with Crippen LogP contribution in [0.15, 0.2) is 29.2 Å². The van der Waals surface area contributed by atoms with Crippen LogP contribution in [0.5, 0.6) is 0 Å². The first-order valence-corrected chi connectivity index (χ1v) is 9.06. The minimum absolute atomic E-state index is 0.0609. The largest absolute Gasteiger partial charge is 0.481 e. The SMILES string of the molecule is CC(C)Cc1ccc(S(=O)(=O)N2CCCC(C(=O)O)C2)cc1. The Morgan fingerprint density at radius 3 is 2.50 bits per heavy atom. The van der Waals surface area contributed by atoms with Crippen LogP contribution in [0.25, 0.3) is 0 Å². The third kappa shape index (κ3) is 3.87. The maximum Gasteiger partial charge on any atom is 0.307 e. The average molecular weight is 325 g/mol. The van der Waals surface area contributed by atoms with Gasteiger partial charge >= 0.3 is 5.97 Å². The van der Waals surface area contributed by atoms with Crippen molar-refractivity contribution in [2.24, 2.45) is 11.8 Å². The number of carboxylic acids is 1. The fraction of sp³-hybridized carbons (Fsp3) is 0.562. The first-order chi connectivity index (χ1) is 10.3. The van der Waals surface area contributed by atoms with Crippen LogP contribution in [-0.4, -0.2) is 36.9 Å². The Morgan fingerprint density at radius 2 is 1.95 bits per heavy atom. The smallest absolute Gasteiger partial charge is 0.307 e. The highest BCUT2D eigenvalue weighted by molar-refractivity contribution is 7.89. The van der Waals surface area contributed by atoms with Crippen LogP contribution in [0.2, 0.25) is 0 Å². The van der Waals surface area contributed by atoms with Gasteiger partial charge in [-0.1, -0.05) is 26.0 Å². The Hall–Kier alpha value is -1.40. The summed E-state index contributed by atoms with van der Waals surface area (Å²) < 4.78 is 26.5. The molecule has 0 aliphatic carbocycles. The minimum atomic E-state index is -3.60. The van der Waals surface area contributed by atoms with Gasteiger partial charge < -0.3 is 5.11 Å². The van der Waals surface area contributed by atoms with E-state index in [-0.39, 0.29) is 11.4 Å². The first-order valence-electron chi connectivity index (χ1n) is 7.62. The van der Waals surface area contributed by atoms with E-state index in [9.17, 15) is 13.2 Å². The quantitative estimate of drug-likeness (QED) is 0.902. The highest BCUT2D eigenvalue weighted by atomic mass is 32.2. The molecule has 5 nitrogen and oxygen atoms in total. The van der Waals surface area contributed by atoms with E-state index < -0.39 is 21.9 Å². The molecule has 0 saturated carbocycles. The van der Waals surface area contributed by atoms with Gasteiger partial charge in [-0.05, 0) is 42.9 Å². The van der Waals surface area contributed by atoms with Crippen molar-refractivity contribution < 1.29 is 18.3 Å². The lowest BCUT2D eigenvalue weighted by Gasteiger charge is -2.29. The highest BCUT2D eigenvalue weighted by Gasteiger charge is 2.33. The van der Waals surface area contributed by atoms with Gasteiger partial charge in [0.15, 0.2) is 0 Å². The fourth-order valence-electron chi connectivity index (χ4n) is 2.78. The highest BCUT2D eigenvalue weighted by Crippen LogP contribution is 2.24. The molecule has 1 unspecified atom stereocenters. The third-order valence-electron chi connectivity index (χ3n) is 3.94. The Morgan fingerprint density at radius 1 is 1.32 bits per heavy atom. The number of aliphatic carboxylic acids is 1. The van der Waals surface area contributed by atoms with Gasteiger partial charge in [0.05, 0.1) is 10.8 Å². The number of hydrogen-bond donors (Lipinski definition) is 1. The van der Waals surface area contributed by atoms with Gasteiger partial charge in [0, 0.05) is 13.1 Å². The summed E-state index contributed by atoms with van der Waals surface area (Å²) in [6, 6.07) is 6.92. The van der Waals surface area contributed by atoms with Gasteiger partial charge in [0.1, 0.15) is 0 Å². The molecule has 6 heteroatoms. The Balaban J connectivity index is 2.17. The third-order valence-corrected chi connectivity index (χ3v) is 5.82. The summed E-state index contributed by atoms with van der Waals surface area (Å²) in [6.07, 6.45) is 2.03. The van der Waals surface area contributed by atoms with Crippen LogP contribution in [0.3, 0.4) is 0 Å². The van der Waals surface area contributed by atoms with E-state index in [1.807, 2.05) is 12.1 Å². The molecule has 1 heterocycles. The summed E-state index contributed by atoms with van der Waals surface area (Å²) in [5.41, 5.74) is 1.11. The van der Waals surface area contributed by atoms with Crippen molar-refractivity contribution in [1.82, 2.24) is 4.31 Å². The maximum absolute atomic E-state index is 12.6. The second kappa shape index (κ2) is 6.79. The van der Waals surface area contributed by atoms with Crippen LogP contribution in [0.4, 0.5) is 0 Å². The lowest BCUT2D eigenvalue weighted by molar-refractivity contribution is -0.142. The molecule has 0 spiro atoms. The predicted molar refractivity (Wildman–Crippen MR) is 84.1 cm³/mol. The predicted octanol–water partition coefficient (Wildman–Crippen LogP) is 2.37. The Bertz CT molecular complexity index is 622. The van der Waals surface area contributed by atoms with Gasteiger partial charge in [-0.3, -0.25) is 4.79 Å². The number of carbonyl (C=O) groups is 1. The van der Waals surface area contributed by atoms with E-state index in [0.717, 1.165) is 12.0 Å². The summed E-state index contributed by atoms with van der Waals surface area (Å²) in [6.45, 7) is 4.68. The molecule has 0 amide bonds. The second-order valence-corrected chi connectivity index (χ2v) is 8.22. The van der Waals surface area contributed by atoms with Crippen LogP contribution in [0.1, 0.15) is 32.3 Å². The van der Waals surface area contributed by atoms with Crippen molar-refractivity contribution in [3.63, 3.8) is 0 Å². The zero-order chi connectivity index (χ0) is 16.3. The maximum atomic E-state index is 12.6. The summed E-state index contributed by atoms with van der Waals surface area (Å²) in [7, 11) is -3.60. The Labute approximate surface area is 132 Å². The van der Waals surface area contributed by atoms with Crippen molar-refractivity contribution in [3.8, 4) is 0 Å². The molecule has 1 aromatic rings. The molecule has 2 rings (SSSR count). The second-order valence-electron chi connectivity index (χ2n) is 6.28. The number of sulfonamides is 1. The minimum Gasteiger partial charge on any atom is -0.481 e. The monoisotopic (exact) mass is 325 g/mol. The molecule has 0 bridgehead atoms. The molecule has 1 aliphatic rings. The molecule has 1 aliphatic heterocycles. The fourth-order valence-corrected chi connectivity index (χ4v) is 4.30.